The number of H-pyrrole nitrogens is 1. The van der Waals surface area contributed by atoms with E-state index in [0.29, 0.717) is 19.5 Å². The molecule has 2 amide bonds. The lowest BCUT2D eigenvalue weighted by atomic mass is 9.76. The number of nitrogens with zero attached hydrogens (tertiary/aromatic N) is 2. The number of likely N-dealkylation sites (tertiary alicyclic amines) is 1. The van der Waals surface area contributed by atoms with E-state index in [0.717, 1.165) is 18.5 Å². The fourth-order valence-corrected chi connectivity index (χ4v) is 2.91. The van der Waals surface area contributed by atoms with Gasteiger partial charge in [0.2, 0.25) is 0 Å². The smallest absolute Gasteiger partial charge is 0.327 e. The summed E-state index contributed by atoms with van der Waals surface area (Å²) in [4.78, 5) is 32.1. The second kappa shape index (κ2) is 6.15. The van der Waals surface area contributed by atoms with Crippen LogP contribution in [-0.4, -0.2) is 51.1 Å². The van der Waals surface area contributed by atoms with Crippen molar-refractivity contribution in [2.75, 3.05) is 13.1 Å². The first-order valence-electron chi connectivity index (χ1n) is 7.16. The van der Waals surface area contributed by atoms with Gasteiger partial charge in [-0.15, -0.1) is 0 Å². The van der Waals surface area contributed by atoms with Gasteiger partial charge in [-0.25, -0.2) is 14.6 Å². The number of carboxylic acids is 1. The van der Waals surface area contributed by atoms with Crippen molar-refractivity contribution < 1.29 is 14.7 Å². The van der Waals surface area contributed by atoms with E-state index in [2.05, 4.69) is 15.3 Å². The topological polar surface area (TPSA) is 98.3 Å². The molecule has 0 radical (unpaired) electrons. The predicted molar refractivity (Wildman–Crippen MR) is 76.8 cm³/mol. The minimum atomic E-state index is -0.941. The molecular weight excluding hydrogens is 272 g/mol. The molecule has 1 aromatic heterocycles. The summed E-state index contributed by atoms with van der Waals surface area (Å²) in [5.74, 6) is -0.941. The number of carboxylic acid groups (broad SMARTS) is 1. The van der Waals surface area contributed by atoms with Crippen molar-refractivity contribution >= 4 is 12.0 Å². The Morgan fingerprint density at radius 2 is 2.33 bits per heavy atom. The number of aromatic nitrogens is 2. The van der Waals surface area contributed by atoms with Gasteiger partial charge in [-0.05, 0) is 18.3 Å². The minimum absolute atomic E-state index is 0.310. The van der Waals surface area contributed by atoms with Crippen LogP contribution in [-0.2, 0) is 11.2 Å². The quantitative estimate of drug-likeness (QED) is 0.778. The molecule has 0 aliphatic carbocycles. The fraction of sp³-hybridized carbons (Fsp3) is 0.643. The molecule has 0 spiro atoms. The van der Waals surface area contributed by atoms with Gasteiger partial charge in [0.1, 0.15) is 6.04 Å². The van der Waals surface area contributed by atoms with Gasteiger partial charge < -0.3 is 20.3 Å². The molecule has 7 nitrogen and oxygen atoms in total. The van der Waals surface area contributed by atoms with Gasteiger partial charge in [0, 0.05) is 31.4 Å². The van der Waals surface area contributed by atoms with Crippen molar-refractivity contribution in [2.24, 2.45) is 5.41 Å². The summed E-state index contributed by atoms with van der Waals surface area (Å²) >= 11 is 0. The number of hydrogen-bond acceptors (Lipinski definition) is 3. The zero-order valence-corrected chi connectivity index (χ0v) is 12.4. The molecule has 21 heavy (non-hydrogen) atoms. The third kappa shape index (κ3) is 3.53. The van der Waals surface area contributed by atoms with Crippen LogP contribution >= 0.6 is 0 Å². The monoisotopic (exact) mass is 294 g/mol. The van der Waals surface area contributed by atoms with E-state index >= 15 is 0 Å². The number of imidazole rings is 1. The first kappa shape index (κ1) is 15.3. The largest absolute Gasteiger partial charge is 0.480 e. The Balaban J connectivity index is 1.94. The van der Waals surface area contributed by atoms with Crippen LogP contribution in [0.4, 0.5) is 4.79 Å². The number of rotatable bonds is 4. The summed E-state index contributed by atoms with van der Waals surface area (Å²) in [6.07, 6.45) is 5.56. The van der Waals surface area contributed by atoms with E-state index in [-0.39, 0.29) is 6.03 Å². The average Bonchev–Trinajstić information content (AvgIpc) is 2.89. The molecule has 2 rings (SSSR count). The molecule has 0 bridgehead atoms. The highest BCUT2D eigenvalue weighted by atomic mass is 16.4. The molecular formula is C14H22N4O3. The Morgan fingerprint density at radius 3 is 2.95 bits per heavy atom. The molecule has 1 fully saturated rings. The zero-order valence-electron chi connectivity index (χ0n) is 12.4. The van der Waals surface area contributed by atoms with Crippen LogP contribution in [0.3, 0.4) is 0 Å². The molecule has 116 valence electrons. The van der Waals surface area contributed by atoms with Gasteiger partial charge >= 0.3 is 12.0 Å². The lowest BCUT2D eigenvalue weighted by Gasteiger charge is -2.43. The molecule has 2 heterocycles. The molecule has 0 aromatic carbocycles. The van der Waals surface area contributed by atoms with Crippen LogP contribution in [0.5, 0.6) is 0 Å². The normalized spacial score (nSPS) is 21.0. The first-order valence-corrected chi connectivity index (χ1v) is 7.16. The summed E-state index contributed by atoms with van der Waals surface area (Å²) in [6, 6.07) is -1.09. The van der Waals surface area contributed by atoms with Gasteiger partial charge in [0.05, 0.1) is 6.33 Å². The number of amides is 2. The summed E-state index contributed by atoms with van der Waals surface area (Å²) < 4.78 is 0. The summed E-state index contributed by atoms with van der Waals surface area (Å²) in [6.45, 7) is 4.73. The van der Waals surface area contributed by atoms with E-state index in [9.17, 15) is 14.7 Å². The second-order valence-electron chi connectivity index (χ2n) is 6.09. The molecule has 3 N–H and O–H groups in total. The maximum absolute atomic E-state index is 12.3. The second-order valence-corrected chi connectivity index (χ2v) is 6.09. The zero-order chi connectivity index (χ0) is 15.5. The van der Waals surface area contributed by atoms with E-state index in [1.807, 2.05) is 13.8 Å². The summed E-state index contributed by atoms with van der Waals surface area (Å²) in [5.41, 5.74) is 0.522. The highest BCUT2D eigenvalue weighted by Crippen LogP contribution is 2.35. The van der Waals surface area contributed by atoms with Gasteiger partial charge in [-0.3, -0.25) is 0 Å². The fourth-order valence-electron chi connectivity index (χ4n) is 2.91. The van der Waals surface area contributed by atoms with Crippen LogP contribution in [0.15, 0.2) is 12.5 Å². The average molecular weight is 294 g/mol. The number of piperidine rings is 1. The Labute approximate surface area is 123 Å². The van der Waals surface area contributed by atoms with Crippen LogP contribution in [0.2, 0.25) is 0 Å². The third-order valence-corrected chi connectivity index (χ3v) is 3.99. The van der Waals surface area contributed by atoms with Crippen molar-refractivity contribution in [3.63, 3.8) is 0 Å². The molecule has 0 saturated carbocycles. The number of aromatic amines is 1. The Bertz CT molecular complexity index is 498. The number of aliphatic carboxylic acids is 1. The van der Waals surface area contributed by atoms with Gasteiger partial charge in [0.25, 0.3) is 0 Å². The van der Waals surface area contributed by atoms with Crippen LogP contribution in [0.1, 0.15) is 32.4 Å². The van der Waals surface area contributed by atoms with Crippen LogP contribution in [0.25, 0.3) is 0 Å². The van der Waals surface area contributed by atoms with Crippen molar-refractivity contribution in [2.45, 2.75) is 39.2 Å². The lowest BCUT2D eigenvalue weighted by molar-refractivity contribution is -0.148. The van der Waals surface area contributed by atoms with Gasteiger partial charge in [-0.2, -0.15) is 0 Å². The number of carbonyl (C=O) groups is 2. The Morgan fingerprint density at radius 1 is 1.57 bits per heavy atom. The van der Waals surface area contributed by atoms with Crippen molar-refractivity contribution in [3.05, 3.63) is 18.2 Å². The highest BCUT2D eigenvalue weighted by molar-refractivity contribution is 5.83. The predicted octanol–water partition coefficient (Wildman–Crippen LogP) is 1.24. The Hall–Kier alpha value is -2.05. The minimum Gasteiger partial charge on any atom is -0.480 e. The number of carbonyl (C=O) groups excluding carboxylic acids is 1. The highest BCUT2D eigenvalue weighted by Gasteiger charge is 2.44. The number of nitrogens with one attached hydrogen (secondary N) is 2. The van der Waals surface area contributed by atoms with Crippen molar-refractivity contribution in [1.29, 1.82) is 0 Å². The van der Waals surface area contributed by atoms with E-state index in [1.165, 1.54) is 4.90 Å². The van der Waals surface area contributed by atoms with Crippen LogP contribution < -0.4 is 5.32 Å². The van der Waals surface area contributed by atoms with E-state index in [1.54, 1.807) is 12.5 Å². The maximum atomic E-state index is 12.3. The molecule has 1 aliphatic rings. The summed E-state index contributed by atoms with van der Waals surface area (Å²) in [5, 5.41) is 12.2. The molecule has 1 aromatic rings. The SMILES string of the molecule is CC1(C)CCCN(C(=O)NCCc2cnc[nH]2)C1C(=O)O. The molecule has 1 saturated heterocycles. The molecule has 1 aliphatic heterocycles. The first-order chi connectivity index (χ1) is 9.92. The lowest BCUT2D eigenvalue weighted by Crippen LogP contribution is -2.58. The molecule has 1 unspecified atom stereocenters. The van der Waals surface area contributed by atoms with E-state index < -0.39 is 17.4 Å². The molecule has 1 atom stereocenters. The van der Waals surface area contributed by atoms with Crippen molar-refractivity contribution in [1.82, 2.24) is 20.2 Å². The number of hydrogen-bond donors (Lipinski definition) is 3. The number of urea groups is 1. The third-order valence-electron chi connectivity index (χ3n) is 3.99. The van der Waals surface area contributed by atoms with E-state index in [4.69, 9.17) is 0 Å². The molecule has 7 heteroatoms. The summed E-state index contributed by atoms with van der Waals surface area (Å²) in [7, 11) is 0. The van der Waals surface area contributed by atoms with Gasteiger partial charge in [-0.1, -0.05) is 13.8 Å². The van der Waals surface area contributed by atoms with Crippen molar-refractivity contribution in [3.8, 4) is 0 Å². The Kier molecular flexibility index (Phi) is 4.50. The standard InChI is InChI=1S/C14H22N4O3/c1-14(2)5-3-7-18(11(14)12(19)20)13(21)16-6-4-10-8-15-9-17-10/h8-9,11H,3-7H2,1-2H3,(H,15,17)(H,16,21)(H,19,20). The van der Waals surface area contributed by atoms with Crippen LogP contribution in [0, 0.1) is 5.41 Å². The van der Waals surface area contributed by atoms with Gasteiger partial charge in [0.15, 0.2) is 0 Å². The maximum Gasteiger partial charge on any atom is 0.327 e.